The van der Waals surface area contributed by atoms with Gasteiger partial charge >= 0.3 is 5.97 Å². The normalized spacial score (nSPS) is 10.5. The summed E-state index contributed by atoms with van der Waals surface area (Å²) in [6, 6.07) is 10.9. The molecule has 2 rings (SSSR count). The molecule has 1 aromatic carbocycles. The van der Waals surface area contributed by atoms with E-state index in [9.17, 15) is 9.59 Å². The van der Waals surface area contributed by atoms with Crippen molar-refractivity contribution in [1.29, 1.82) is 0 Å². The first-order valence-electron chi connectivity index (χ1n) is 7.57. The zero-order chi connectivity index (χ0) is 17.5. The Balaban J connectivity index is 1.89. The van der Waals surface area contributed by atoms with Crippen molar-refractivity contribution in [1.82, 2.24) is 4.98 Å². The summed E-state index contributed by atoms with van der Waals surface area (Å²) in [7, 11) is 0. The van der Waals surface area contributed by atoms with Gasteiger partial charge in [0.05, 0.1) is 5.56 Å². The van der Waals surface area contributed by atoms with Crippen molar-refractivity contribution in [2.24, 2.45) is 0 Å². The predicted octanol–water partition coefficient (Wildman–Crippen LogP) is 3.72. The summed E-state index contributed by atoms with van der Waals surface area (Å²) in [5.74, 6) is -0.506. The van der Waals surface area contributed by atoms with Crippen molar-refractivity contribution >= 4 is 29.3 Å². The Hall–Kier alpha value is -2.34. The van der Waals surface area contributed by atoms with Crippen molar-refractivity contribution in [3.8, 4) is 0 Å². The monoisotopic (exact) mass is 344 g/mol. The highest BCUT2D eigenvalue weighted by molar-refractivity contribution is 7.98. The van der Waals surface area contributed by atoms with E-state index in [4.69, 9.17) is 4.74 Å². The van der Waals surface area contributed by atoms with E-state index in [0.29, 0.717) is 22.2 Å². The van der Waals surface area contributed by atoms with Crippen LogP contribution in [0.2, 0.25) is 0 Å². The molecule has 126 valence electrons. The molecule has 0 aliphatic heterocycles. The van der Waals surface area contributed by atoms with E-state index in [1.165, 1.54) is 17.3 Å². The van der Waals surface area contributed by atoms with Gasteiger partial charge in [-0.2, -0.15) is 0 Å². The number of benzene rings is 1. The molecule has 0 aliphatic carbocycles. The summed E-state index contributed by atoms with van der Waals surface area (Å²) in [5, 5.41) is 3.28. The fourth-order valence-electron chi connectivity index (χ4n) is 2.07. The van der Waals surface area contributed by atoms with E-state index < -0.39 is 5.97 Å². The van der Waals surface area contributed by atoms with Crippen LogP contribution in [-0.2, 0) is 9.53 Å². The van der Waals surface area contributed by atoms with E-state index in [0.717, 1.165) is 0 Å². The number of esters is 1. The van der Waals surface area contributed by atoms with Crippen molar-refractivity contribution in [3.05, 3.63) is 53.7 Å². The predicted molar refractivity (Wildman–Crippen MR) is 95.5 cm³/mol. The minimum absolute atomic E-state index is 0.340. The first-order valence-corrected chi connectivity index (χ1v) is 8.79. The molecule has 1 aromatic heterocycles. The Morgan fingerprint density at radius 1 is 1.21 bits per heavy atom. The SMILES string of the molecule is CSc1ncccc1C(=O)OCC(=O)Nc1ccc(C(C)C)cc1. The second-order valence-corrected chi connectivity index (χ2v) is 6.26. The molecule has 0 atom stereocenters. The fourth-order valence-corrected chi connectivity index (χ4v) is 2.60. The lowest BCUT2D eigenvalue weighted by Gasteiger charge is -2.09. The number of ether oxygens (including phenoxy) is 1. The zero-order valence-electron chi connectivity index (χ0n) is 13.9. The zero-order valence-corrected chi connectivity index (χ0v) is 14.7. The van der Waals surface area contributed by atoms with Crippen LogP contribution in [0.1, 0.15) is 35.7 Å². The Labute approximate surface area is 145 Å². The first kappa shape index (κ1) is 18.0. The lowest BCUT2D eigenvalue weighted by Crippen LogP contribution is -2.21. The van der Waals surface area contributed by atoms with Crippen molar-refractivity contribution < 1.29 is 14.3 Å². The number of carbonyl (C=O) groups is 2. The van der Waals surface area contributed by atoms with Crippen molar-refractivity contribution in [2.75, 3.05) is 18.2 Å². The summed E-state index contributed by atoms with van der Waals surface area (Å²) in [6.07, 6.45) is 3.43. The van der Waals surface area contributed by atoms with Gasteiger partial charge in [-0.25, -0.2) is 9.78 Å². The summed E-state index contributed by atoms with van der Waals surface area (Å²) < 4.78 is 5.06. The van der Waals surface area contributed by atoms with Gasteiger partial charge < -0.3 is 10.1 Å². The maximum Gasteiger partial charge on any atom is 0.341 e. The lowest BCUT2D eigenvalue weighted by molar-refractivity contribution is -0.119. The first-order chi connectivity index (χ1) is 11.5. The average Bonchev–Trinajstić information content (AvgIpc) is 2.60. The molecule has 1 N–H and O–H groups in total. The minimum Gasteiger partial charge on any atom is -0.452 e. The van der Waals surface area contributed by atoms with Gasteiger partial charge in [-0.1, -0.05) is 26.0 Å². The molecule has 6 heteroatoms. The fraction of sp³-hybridized carbons (Fsp3) is 0.278. The number of hydrogen-bond acceptors (Lipinski definition) is 5. The largest absolute Gasteiger partial charge is 0.452 e. The number of thioether (sulfide) groups is 1. The van der Waals surface area contributed by atoms with Gasteiger partial charge in [-0.15, -0.1) is 11.8 Å². The maximum atomic E-state index is 12.0. The number of aromatic nitrogens is 1. The highest BCUT2D eigenvalue weighted by Crippen LogP contribution is 2.18. The number of amides is 1. The minimum atomic E-state index is -0.558. The average molecular weight is 344 g/mol. The summed E-state index contributed by atoms with van der Waals surface area (Å²) >= 11 is 1.35. The molecule has 0 saturated carbocycles. The highest BCUT2D eigenvalue weighted by Gasteiger charge is 2.14. The van der Waals surface area contributed by atoms with Crippen LogP contribution in [0.5, 0.6) is 0 Å². The number of nitrogens with zero attached hydrogens (tertiary/aromatic N) is 1. The van der Waals surface area contributed by atoms with E-state index in [1.54, 1.807) is 18.3 Å². The molecule has 1 amide bonds. The van der Waals surface area contributed by atoms with E-state index in [-0.39, 0.29) is 12.5 Å². The van der Waals surface area contributed by atoms with Gasteiger partial charge in [-0.05, 0) is 42.0 Å². The third-order valence-electron chi connectivity index (χ3n) is 3.38. The molecule has 0 unspecified atom stereocenters. The molecule has 0 bridgehead atoms. The highest BCUT2D eigenvalue weighted by atomic mass is 32.2. The summed E-state index contributed by atoms with van der Waals surface area (Å²) in [4.78, 5) is 28.1. The molecule has 0 saturated heterocycles. The summed E-state index contributed by atoms with van der Waals surface area (Å²) in [6.45, 7) is 3.87. The molecule has 0 aliphatic rings. The second-order valence-electron chi connectivity index (χ2n) is 5.46. The third kappa shape index (κ3) is 4.83. The second kappa shape index (κ2) is 8.49. The molecule has 2 aromatic rings. The number of hydrogen-bond donors (Lipinski definition) is 1. The number of carbonyl (C=O) groups excluding carboxylic acids is 2. The molecule has 24 heavy (non-hydrogen) atoms. The number of anilines is 1. The van der Waals surface area contributed by atoms with Gasteiger partial charge in [0.15, 0.2) is 6.61 Å². The third-order valence-corrected chi connectivity index (χ3v) is 4.09. The number of pyridine rings is 1. The Bertz CT molecular complexity index is 714. The number of rotatable bonds is 6. The molecular formula is C18H20N2O3S. The van der Waals surface area contributed by atoms with E-state index in [1.807, 2.05) is 30.5 Å². The van der Waals surface area contributed by atoms with Crippen molar-refractivity contribution in [2.45, 2.75) is 24.8 Å². The smallest absolute Gasteiger partial charge is 0.341 e. The van der Waals surface area contributed by atoms with Crippen molar-refractivity contribution in [3.63, 3.8) is 0 Å². The van der Waals surface area contributed by atoms with E-state index in [2.05, 4.69) is 24.1 Å². The number of nitrogens with one attached hydrogen (secondary N) is 1. The Morgan fingerprint density at radius 2 is 1.92 bits per heavy atom. The van der Waals surface area contributed by atoms with Gasteiger partial charge in [0.25, 0.3) is 5.91 Å². The van der Waals surface area contributed by atoms with Crippen LogP contribution in [0.15, 0.2) is 47.6 Å². The van der Waals surface area contributed by atoms with Gasteiger partial charge in [0.1, 0.15) is 5.03 Å². The van der Waals surface area contributed by atoms with Crippen LogP contribution in [0, 0.1) is 0 Å². The topological polar surface area (TPSA) is 68.3 Å². The van der Waals surface area contributed by atoms with Crippen LogP contribution in [0.25, 0.3) is 0 Å². The van der Waals surface area contributed by atoms with Crippen LogP contribution >= 0.6 is 11.8 Å². The van der Waals surface area contributed by atoms with Crippen LogP contribution in [-0.4, -0.2) is 29.7 Å². The van der Waals surface area contributed by atoms with E-state index >= 15 is 0 Å². The molecular weight excluding hydrogens is 324 g/mol. The van der Waals surface area contributed by atoms with Gasteiger partial charge in [0.2, 0.25) is 0 Å². The molecule has 1 heterocycles. The van der Waals surface area contributed by atoms with Gasteiger partial charge in [0, 0.05) is 11.9 Å². The summed E-state index contributed by atoms with van der Waals surface area (Å²) in [5.41, 5.74) is 2.23. The van der Waals surface area contributed by atoms with Gasteiger partial charge in [-0.3, -0.25) is 4.79 Å². The molecule has 5 nitrogen and oxygen atoms in total. The Kier molecular flexibility index (Phi) is 6.37. The van der Waals surface area contributed by atoms with Crippen LogP contribution in [0.4, 0.5) is 5.69 Å². The molecule has 0 fully saturated rings. The molecule has 0 spiro atoms. The van der Waals surface area contributed by atoms with Crippen LogP contribution < -0.4 is 5.32 Å². The Morgan fingerprint density at radius 3 is 2.54 bits per heavy atom. The van der Waals surface area contributed by atoms with Crippen LogP contribution in [0.3, 0.4) is 0 Å². The lowest BCUT2D eigenvalue weighted by atomic mass is 10.0. The standard InChI is InChI=1S/C18H20N2O3S/c1-12(2)13-6-8-14(9-7-13)20-16(21)11-23-18(22)15-5-4-10-19-17(15)24-3/h4-10,12H,11H2,1-3H3,(H,20,21). The molecule has 0 radical (unpaired) electrons. The maximum absolute atomic E-state index is 12.0. The quantitative estimate of drug-likeness (QED) is 0.639.